The molecule has 3 rings (SSSR count). The number of amides is 1. The second-order valence-electron chi connectivity index (χ2n) is 6.11. The first-order valence-corrected chi connectivity index (χ1v) is 8.54. The van der Waals surface area contributed by atoms with Crippen LogP contribution in [-0.2, 0) is 7.05 Å². The molecule has 134 valence electrons. The van der Waals surface area contributed by atoms with Gasteiger partial charge in [0.2, 0.25) is 11.8 Å². The Morgan fingerprint density at radius 1 is 1.40 bits per heavy atom. The van der Waals surface area contributed by atoms with Gasteiger partial charge in [0.15, 0.2) is 0 Å². The van der Waals surface area contributed by atoms with Crippen molar-refractivity contribution in [2.24, 2.45) is 7.05 Å². The Morgan fingerprint density at radius 3 is 2.84 bits per heavy atom. The molecule has 0 aliphatic carbocycles. The second kappa shape index (κ2) is 7.13. The zero-order valence-corrected chi connectivity index (χ0v) is 15.2. The van der Waals surface area contributed by atoms with E-state index in [4.69, 9.17) is 9.47 Å². The summed E-state index contributed by atoms with van der Waals surface area (Å²) in [6.07, 6.45) is 3.44. The lowest BCUT2D eigenvalue weighted by atomic mass is 10.0. The van der Waals surface area contributed by atoms with Gasteiger partial charge in [0, 0.05) is 25.9 Å². The zero-order valence-electron chi connectivity index (χ0n) is 15.2. The molecule has 25 heavy (non-hydrogen) atoms. The van der Waals surface area contributed by atoms with Crippen LogP contribution in [0.4, 0.5) is 0 Å². The minimum atomic E-state index is -0.0253. The Morgan fingerprint density at radius 2 is 2.20 bits per heavy atom. The number of likely N-dealkylation sites (tertiary alicyclic amines) is 1. The maximum Gasteiger partial charge on any atom is 0.255 e. The Bertz CT molecular complexity index is 754. The standard InChI is InChI=1S/C18H24N4O3/c1-5-25-15-9-8-13(11-19-15)17(23)22-10-6-7-14(22)16-12(2)20-21(3)18(16)24-4/h8-9,11,14H,5-7,10H2,1-4H3. The molecule has 0 aromatic carbocycles. The summed E-state index contributed by atoms with van der Waals surface area (Å²) in [7, 11) is 3.49. The number of rotatable bonds is 5. The van der Waals surface area contributed by atoms with Crippen LogP contribution in [0.5, 0.6) is 11.8 Å². The lowest BCUT2D eigenvalue weighted by molar-refractivity contribution is 0.0733. The van der Waals surface area contributed by atoms with Crippen molar-refractivity contribution in [3.05, 3.63) is 35.2 Å². The Labute approximate surface area is 147 Å². The first-order valence-electron chi connectivity index (χ1n) is 8.54. The molecule has 1 unspecified atom stereocenters. The van der Waals surface area contributed by atoms with Gasteiger partial charge in [0.05, 0.1) is 36.6 Å². The molecule has 1 aliphatic heterocycles. The highest BCUT2D eigenvalue weighted by molar-refractivity contribution is 5.94. The summed E-state index contributed by atoms with van der Waals surface area (Å²) in [5.74, 6) is 1.22. The molecule has 2 aromatic rings. The van der Waals surface area contributed by atoms with Crippen LogP contribution in [0.3, 0.4) is 0 Å². The SMILES string of the molecule is CCOc1ccc(C(=O)N2CCCC2c2c(C)nn(C)c2OC)cn1. The van der Waals surface area contributed by atoms with Crippen molar-refractivity contribution in [3.63, 3.8) is 0 Å². The number of aromatic nitrogens is 3. The van der Waals surface area contributed by atoms with Crippen LogP contribution in [0, 0.1) is 6.92 Å². The quantitative estimate of drug-likeness (QED) is 0.833. The Balaban J connectivity index is 1.87. The second-order valence-corrected chi connectivity index (χ2v) is 6.11. The Kier molecular flexibility index (Phi) is 4.92. The van der Waals surface area contributed by atoms with Crippen molar-refractivity contribution in [2.75, 3.05) is 20.3 Å². The maximum absolute atomic E-state index is 13.0. The molecule has 3 heterocycles. The normalized spacial score (nSPS) is 17.0. The van der Waals surface area contributed by atoms with E-state index in [2.05, 4.69) is 10.1 Å². The van der Waals surface area contributed by atoms with Crippen LogP contribution in [0.1, 0.15) is 47.4 Å². The van der Waals surface area contributed by atoms with Gasteiger partial charge in [-0.1, -0.05) is 0 Å². The minimum absolute atomic E-state index is 0.0247. The molecule has 7 nitrogen and oxygen atoms in total. The summed E-state index contributed by atoms with van der Waals surface area (Å²) >= 11 is 0. The largest absolute Gasteiger partial charge is 0.481 e. The number of ether oxygens (including phenoxy) is 2. The molecule has 0 spiro atoms. The molecule has 1 saturated heterocycles. The predicted molar refractivity (Wildman–Crippen MR) is 92.9 cm³/mol. The van der Waals surface area contributed by atoms with Gasteiger partial charge in [-0.3, -0.25) is 4.79 Å². The molecule has 0 bridgehead atoms. The van der Waals surface area contributed by atoms with E-state index in [1.165, 1.54) is 0 Å². The van der Waals surface area contributed by atoms with Gasteiger partial charge < -0.3 is 14.4 Å². The van der Waals surface area contributed by atoms with Crippen LogP contribution >= 0.6 is 0 Å². The summed E-state index contributed by atoms with van der Waals surface area (Å²) < 4.78 is 12.6. The van der Waals surface area contributed by atoms with Crippen LogP contribution in [0.15, 0.2) is 18.3 Å². The topological polar surface area (TPSA) is 69.5 Å². The molecule has 1 fully saturated rings. The van der Waals surface area contributed by atoms with Gasteiger partial charge in [0.25, 0.3) is 5.91 Å². The number of hydrogen-bond acceptors (Lipinski definition) is 5. The average molecular weight is 344 g/mol. The van der Waals surface area contributed by atoms with E-state index < -0.39 is 0 Å². The number of pyridine rings is 1. The monoisotopic (exact) mass is 344 g/mol. The van der Waals surface area contributed by atoms with Crippen molar-refractivity contribution in [1.82, 2.24) is 19.7 Å². The van der Waals surface area contributed by atoms with Gasteiger partial charge in [-0.2, -0.15) is 5.10 Å². The third-order valence-corrected chi connectivity index (χ3v) is 4.53. The number of carbonyl (C=O) groups is 1. The number of methoxy groups -OCH3 is 1. The average Bonchev–Trinajstić information content (AvgIpc) is 3.18. The highest BCUT2D eigenvalue weighted by Crippen LogP contribution is 2.39. The molecule has 1 aliphatic rings. The van der Waals surface area contributed by atoms with Crippen LogP contribution < -0.4 is 9.47 Å². The van der Waals surface area contributed by atoms with E-state index in [9.17, 15) is 4.79 Å². The van der Waals surface area contributed by atoms with Crippen LogP contribution in [-0.4, -0.2) is 45.8 Å². The lowest BCUT2D eigenvalue weighted by Crippen LogP contribution is -2.31. The predicted octanol–water partition coefficient (Wildman–Crippen LogP) is 2.51. The smallest absolute Gasteiger partial charge is 0.255 e. The van der Waals surface area contributed by atoms with E-state index in [1.54, 1.807) is 30.1 Å². The highest BCUT2D eigenvalue weighted by Gasteiger charge is 2.35. The zero-order chi connectivity index (χ0) is 18.0. The van der Waals surface area contributed by atoms with Crippen molar-refractivity contribution < 1.29 is 14.3 Å². The molecule has 1 atom stereocenters. The van der Waals surface area contributed by atoms with Crippen molar-refractivity contribution >= 4 is 5.91 Å². The van der Waals surface area contributed by atoms with E-state index in [1.807, 2.05) is 25.8 Å². The number of carbonyl (C=O) groups excluding carboxylic acids is 1. The van der Waals surface area contributed by atoms with E-state index >= 15 is 0 Å². The van der Waals surface area contributed by atoms with E-state index in [-0.39, 0.29) is 11.9 Å². The lowest BCUT2D eigenvalue weighted by Gasteiger charge is -2.25. The highest BCUT2D eigenvalue weighted by atomic mass is 16.5. The number of nitrogens with zero attached hydrogens (tertiary/aromatic N) is 4. The van der Waals surface area contributed by atoms with Gasteiger partial charge in [-0.15, -0.1) is 0 Å². The van der Waals surface area contributed by atoms with Crippen molar-refractivity contribution in [2.45, 2.75) is 32.7 Å². The molecule has 0 N–H and O–H groups in total. The van der Waals surface area contributed by atoms with Crippen LogP contribution in [0.2, 0.25) is 0 Å². The molecule has 7 heteroatoms. The van der Waals surface area contributed by atoms with Gasteiger partial charge >= 0.3 is 0 Å². The van der Waals surface area contributed by atoms with Crippen molar-refractivity contribution in [1.29, 1.82) is 0 Å². The van der Waals surface area contributed by atoms with Gasteiger partial charge in [0.1, 0.15) is 0 Å². The molecule has 2 aromatic heterocycles. The van der Waals surface area contributed by atoms with E-state index in [0.717, 1.165) is 24.1 Å². The summed E-state index contributed by atoms with van der Waals surface area (Å²) in [6.45, 7) is 5.12. The maximum atomic E-state index is 13.0. The molecule has 0 radical (unpaired) electrons. The summed E-state index contributed by atoms with van der Waals surface area (Å²) in [6, 6.07) is 3.48. The molecular weight excluding hydrogens is 320 g/mol. The molecular formula is C18H24N4O3. The fourth-order valence-electron chi connectivity index (χ4n) is 3.49. The van der Waals surface area contributed by atoms with Gasteiger partial charge in [-0.05, 0) is 32.8 Å². The summed E-state index contributed by atoms with van der Waals surface area (Å²) in [5.41, 5.74) is 2.46. The van der Waals surface area contributed by atoms with E-state index in [0.29, 0.717) is 30.5 Å². The fourth-order valence-corrected chi connectivity index (χ4v) is 3.49. The fraction of sp³-hybridized carbons (Fsp3) is 0.500. The molecule has 1 amide bonds. The Hall–Kier alpha value is -2.57. The first kappa shape index (κ1) is 17.3. The van der Waals surface area contributed by atoms with Crippen LogP contribution in [0.25, 0.3) is 0 Å². The third-order valence-electron chi connectivity index (χ3n) is 4.53. The minimum Gasteiger partial charge on any atom is -0.481 e. The number of aryl methyl sites for hydroxylation is 2. The van der Waals surface area contributed by atoms with Gasteiger partial charge in [-0.25, -0.2) is 9.67 Å². The molecule has 0 saturated carbocycles. The summed E-state index contributed by atoms with van der Waals surface area (Å²) in [4.78, 5) is 19.1. The summed E-state index contributed by atoms with van der Waals surface area (Å²) in [5, 5.41) is 4.45. The first-order chi connectivity index (χ1) is 12.1. The third kappa shape index (κ3) is 3.18. The van der Waals surface area contributed by atoms with Crippen molar-refractivity contribution in [3.8, 4) is 11.8 Å². The number of hydrogen-bond donors (Lipinski definition) is 0.